The molecule has 1 saturated carbocycles. The second-order valence-electron chi connectivity index (χ2n) is 6.82. The summed E-state index contributed by atoms with van der Waals surface area (Å²) in [4.78, 5) is 2.79. The molecule has 1 heterocycles. The highest BCUT2D eigenvalue weighted by molar-refractivity contribution is 9.10. The van der Waals surface area contributed by atoms with Gasteiger partial charge in [0.2, 0.25) is 0 Å². The fourth-order valence-electron chi connectivity index (χ4n) is 3.55. The summed E-state index contributed by atoms with van der Waals surface area (Å²) >= 11 is 3.52. The number of nitrogens with zero attached hydrogens (tertiary/aromatic N) is 1. The number of benzene rings is 1. The van der Waals surface area contributed by atoms with Crippen LogP contribution in [0.1, 0.15) is 38.2 Å². The fourth-order valence-corrected chi connectivity index (χ4v) is 3.82. The molecule has 0 radical (unpaired) electrons. The Balaban J connectivity index is 1.58. The van der Waals surface area contributed by atoms with Gasteiger partial charge in [-0.25, -0.2) is 0 Å². The van der Waals surface area contributed by atoms with Crippen LogP contribution >= 0.6 is 15.9 Å². The lowest BCUT2D eigenvalue weighted by Gasteiger charge is -2.34. The van der Waals surface area contributed by atoms with Crippen molar-refractivity contribution in [1.82, 2.24) is 10.2 Å². The first-order chi connectivity index (χ1) is 10.2. The molecule has 1 saturated heterocycles. The van der Waals surface area contributed by atoms with Gasteiger partial charge in [-0.2, -0.15) is 0 Å². The maximum atomic E-state index is 3.56. The number of hydrogen-bond acceptors (Lipinski definition) is 2. The average Bonchev–Trinajstić information content (AvgIpc) is 3.33. The normalized spacial score (nSPS) is 24.2. The predicted octanol–water partition coefficient (Wildman–Crippen LogP) is 3.84. The maximum Gasteiger partial charge on any atom is 0.0175 e. The van der Waals surface area contributed by atoms with Crippen LogP contribution < -0.4 is 5.32 Å². The lowest BCUT2D eigenvalue weighted by molar-refractivity contribution is 0.153. The third kappa shape index (κ3) is 4.54. The van der Waals surface area contributed by atoms with E-state index in [-0.39, 0.29) is 0 Å². The summed E-state index contributed by atoms with van der Waals surface area (Å²) in [6, 6.07) is 10.4. The SMILES string of the molecule is CC(Cc1ccc(Br)cc1)N(CC1CCCNC1)C1CC1. The van der Waals surface area contributed by atoms with Crippen LogP contribution in [-0.4, -0.2) is 36.6 Å². The molecule has 21 heavy (non-hydrogen) atoms. The van der Waals surface area contributed by atoms with Crippen molar-refractivity contribution in [2.45, 2.75) is 51.1 Å². The monoisotopic (exact) mass is 350 g/mol. The topological polar surface area (TPSA) is 15.3 Å². The molecule has 0 bridgehead atoms. The molecule has 2 fully saturated rings. The highest BCUT2D eigenvalue weighted by Crippen LogP contribution is 2.31. The molecular formula is C18H27BrN2. The Bertz CT molecular complexity index is 435. The summed E-state index contributed by atoms with van der Waals surface area (Å²) < 4.78 is 1.17. The van der Waals surface area contributed by atoms with Crippen LogP contribution in [0.5, 0.6) is 0 Å². The predicted molar refractivity (Wildman–Crippen MR) is 92.6 cm³/mol. The van der Waals surface area contributed by atoms with Gasteiger partial charge in [0.1, 0.15) is 0 Å². The van der Waals surface area contributed by atoms with Crippen molar-refractivity contribution in [3.8, 4) is 0 Å². The first-order valence-corrected chi connectivity index (χ1v) is 9.22. The van der Waals surface area contributed by atoms with Gasteiger partial charge in [0.05, 0.1) is 0 Å². The first-order valence-electron chi connectivity index (χ1n) is 8.43. The second kappa shape index (κ2) is 7.26. The van der Waals surface area contributed by atoms with Gasteiger partial charge < -0.3 is 5.32 Å². The minimum Gasteiger partial charge on any atom is -0.316 e. The molecule has 1 aromatic rings. The van der Waals surface area contributed by atoms with Gasteiger partial charge in [-0.15, -0.1) is 0 Å². The number of rotatable bonds is 6. The van der Waals surface area contributed by atoms with Crippen molar-refractivity contribution in [1.29, 1.82) is 0 Å². The summed E-state index contributed by atoms with van der Waals surface area (Å²) in [5, 5.41) is 3.56. The fraction of sp³-hybridized carbons (Fsp3) is 0.667. The number of nitrogens with one attached hydrogen (secondary N) is 1. The van der Waals surface area contributed by atoms with Crippen LogP contribution in [0, 0.1) is 5.92 Å². The summed E-state index contributed by atoms with van der Waals surface area (Å²) in [6.45, 7) is 6.13. The maximum absolute atomic E-state index is 3.56. The molecule has 116 valence electrons. The molecule has 0 aromatic heterocycles. The standard InChI is InChI=1S/C18H27BrN2/c1-14(11-15-4-6-17(19)7-5-15)21(18-8-9-18)13-16-3-2-10-20-12-16/h4-7,14,16,18,20H,2-3,8-13H2,1H3. The summed E-state index contributed by atoms with van der Waals surface area (Å²) in [5.41, 5.74) is 1.46. The van der Waals surface area contributed by atoms with Gasteiger partial charge in [0.25, 0.3) is 0 Å². The highest BCUT2D eigenvalue weighted by Gasteiger charge is 2.33. The minimum atomic E-state index is 0.653. The summed E-state index contributed by atoms with van der Waals surface area (Å²) in [7, 11) is 0. The minimum absolute atomic E-state index is 0.653. The van der Waals surface area contributed by atoms with Crippen LogP contribution in [0.3, 0.4) is 0 Å². The third-order valence-electron chi connectivity index (χ3n) is 4.89. The van der Waals surface area contributed by atoms with E-state index in [1.807, 2.05) is 0 Å². The average molecular weight is 351 g/mol. The van der Waals surface area contributed by atoms with E-state index in [0.717, 1.165) is 12.0 Å². The zero-order valence-electron chi connectivity index (χ0n) is 13.0. The molecule has 0 amide bonds. The van der Waals surface area contributed by atoms with Crippen molar-refractivity contribution in [3.63, 3.8) is 0 Å². The third-order valence-corrected chi connectivity index (χ3v) is 5.42. The Hall–Kier alpha value is -0.380. The molecule has 3 rings (SSSR count). The van der Waals surface area contributed by atoms with Crippen LogP contribution in [0.15, 0.2) is 28.7 Å². The van der Waals surface area contributed by atoms with E-state index >= 15 is 0 Å². The van der Waals surface area contributed by atoms with Gasteiger partial charge in [-0.3, -0.25) is 4.90 Å². The summed E-state index contributed by atoms with van der Waals surface area (Å²) in [5.74, 6) is 0.853. The van der Waals surface area contributed by atoms with Gasteiger partial charge in [0, 0.05) is 23.1 Å². The number of piperidine rings is 1. The molecule has 1 N–H and O–H groups in total. The lowest BCUT2D eigenvalue weighted by atomic mass is 9.97. The van der Waals surface area contributed by atoms with Gasteiger partial charge in [-0.05, 0) is 75.7 Å². The van der Waals surface area contributed by atoms with Crippen LogP contribution in [0.25, 0.3) is 0 Å². The Labute approximate surface area is 137 Å². The van der Waals surface area contributed by atoms with Crippen LogP contribution in [0.4, 0.5) is 0 Å². The van der Waals surface area contributed by atoms with Crippen LogP contribution in [-0.2, 0) is 6.42 Å². The molecule has 0 spiro atoms. The van der Waals surface area contributed by atoms with Crippen molar-refractivity contribution in [2.24, 2.45) is 5.92 Å². The first kappa shape index (κ1) is 15.5. The molecule has 1 aliphatic carbocycles. The molecule has 2 aliphatic rings. The van der Waals surface area contributed by atoms with E-state index < -0.39 is 0 Å². The van der Waals surface area contributed by atoms with Gasteiger partial charge in [-0.1, -0.05) is 28.1 Å². The van der Waals surface area contributed by atoms with Crippen molar-refractivity contribution in [2.75, 3.05) is 19.6 Å². The van der Waals surface area contributed by atoms with Crippen molar-refractivity contribution in [3.05, 3.63) is 34.3 Å². The Morgan fingerprint density at radius 2 is 2.00 bits per heavy atom. The quantitative estimate of drug-likeness (QED) is 0.838. The Morgan fingerprint density at radius 3 is 2.62 bits per heavy atom. The molecular weight excluding hydrogens is 324 g/mol. The molecule has 3 heteroatoms. The van der Waals surface area contributed by atoms with Gasteiger partial charge >= 0.3 is 0 Å². The van der Waals surface area contributed by atoms with E-state index in [1.165, 1.54) is 61.8 Å². The smallest absolute Gasteiger partial charge is 0.0175 e. The zero-order valence-corrected chi connectivity index (χ0v) is 14.6. The number of hydrogen-bond donors (Lipinski definition) is 1. The Morgan fingerprint density at radius 1 is 1.24 bits per heavy atom. The zero-order chi connectivity index (χ0) is 14.7. The van der Waals surface area contributed by atoms with Gasteiger partial charge in [0.15, 0.2) is 0 Å². The highest BCUT2D eigenvalue weighted by atomic mass is 79.9. The van der Waals surface area contributed by atoms with E-state index in [9.17, 15) is 0 Å². The molecule has 1 aromatic carbocycles. The molecule has 2 atom stereocenters. The van der Waals surface area contributed by atoms with E-state index in [0.29, 0.717) is 6.04 Å². The van der Waals surface area contributed by atoms with Crippen molar-refractivity contribution < 1.29 is 0 Å². The Kier molecular flexibility index (Phi) is 5.36. The largest absolute Gasteiger partial charge is 0.316 e. The molecule has 2 unspecified atom stereocenters. The molecule has 1 aliphatic heterocycles. The summed E-state index contributed by atoms with van der Waals surface area (Å²) in [6.07, 6.45) is 6.74. The van der Waals surface area contributed by atoms with Crippen molar-refractivity contribution >= 4 is 15.9 Å². The van der Waals surface area contributed by atoms with E-state index in [4.69, 9.17) is 0 Å². The van der Waals surface area contributed by atoms with Crippen LogP contribution in [0.2, 0.25) is 0 Å². The number of halogens is 1. The molecule has 2 nitrogen and oxygen atoms in total. The second-order valence-corrected chi connectivity index (χ2v) is 7.74. The van der Waals surface area contributed by atoms with E-state index in [2.05, 4.69) is 57.3 Å². The lowest BCUT2D eigenvalue weighted by Crippen LogP contribution is -2.43. The van der Waals surface area contributed by atoms with E-state index in [1.54, 1.807) is 0 Å².